The lowest BCUT2D eigenvalue weighted by Gasteiger charge is -2.24. The second-order valence-corrected chi connectivity index (χ2v) is 3.78. The van der Waals surface area contributed by atoms with Gasteiger partial charge in [0.25, 0.3) is 0 Å². The molecule has 1 amide bonds. The Bertz CT molecular complexity index is 353. The molecule has 2 atom stereocenters. The summed E-state index contributed by atoms with van der Waals surface area (Å²) >= 11 is 0. The summed E-state index contributed by atoms with van der Waals surface area (Å²) in [5.74, 6) is 0. The zero-order valence-corrected chi connectivity index (χ0v) is 8.34. The molecule has 0 saturated carbocycles. The standard InChI is InChI=1S/C11H14N2O2/c12-9-6-7-13(11(14)15)10(9)8-4-2-1-3-5-8/h1-5,9-10H,6-7,12H2,(H,14,15)/t9-,10-/m0/s1. The first kappa shape index (κ1) is 9.98. The van der Waals surface area contributed by atoms with E-state index in [-0.39, 0.29) is 12.1 Å². The van der Waals surface area contributed by atoms with E-state index in [9.17, 15) is 4.79 Å². The number of likely N-dealkylation sites (tertiary alicyclic amines) is 1. The van der Waals surface area contributed by atoms with Crippen LogP contribution in [-0.2, 0) is 0 Å². The zero-order chi connectivity index (χ0) is 10.8. The minimum Gasteiger partial charge on any atom is -0.465 e. The van der Waals surface area contributed by atoms with E-state index in [1.807, 2.05) is 30.3 Å². The molecule has 1 aromatic carbocycles. The molecule has 0 spiro atoms. The molecular formula is C11H14N2O2. The van der Waals surface area contributed by atoms with Crippen LogP contribution in [0.5, 0.6) is 0 Å². The summed E-state index contributed by atoms with van der Waals surface area (Å²) in [6.07, 6.45) is -0.164. The van der Waals surface area contributed by atoms with Crippen LogP contribution < -0.4 is 5.73 Å². The highest BCUT2D eigenvalue weighted by molar-refractivity contribution is 5.66. The number of nitrogens with two attached hydrogens (primary N) is 1. The number of amides is 1. The first-order valence-electron chi connectivity index (χ1n) is 5.00. The van der Waals surface area contributed by atoms with Crippen LogP contribution in [0.1, 0.15) is 18.0 Å². The van der Waals surface area contributed by atoms with Crippen LogP contribution in [0.25, 0.3) is 0 Å². The Labute approximate surface area is 88.3 Å². The summed E-state index contributed by atoms with van der Waals surface area (Å²) in [5, 5.41) is 9.03. The third-order valence-electron chi connectivity index (χ3n) is 2.83. The Hall–Kier alpha value is -1.55. The van der Waals surface area contributed by atoms with Gasteiger partial charge in [-0.15, -0.1) is 0 Å². The number of hydrogen-bond donors (Lipinski definition) is 2. The minimum atomic E-state index is -0.892. The van der Waals surface area contributed by atoms with Gasteiger partial charge in [0.1, 0.15) is 0 Å². The summed E-state index contributed by atoms with van der Waals surface area (Å²) in [6.45, 7) is 0.524. The molecule has 0 radical (unpaired) electrons. The van der Waals surface area contributed by atoms with Gasteiger partial charge < -0.3 is 10.8 Å². The van der Waals surface area contributed by atoms with E-state index in [1.54, 1.807) is 0 Å². The second kappa shape index (κ2) is 3.90. The SMILES string of the molecule is N[C@H]1CCN(C(=O)O)[C@H]1c1ccccc1. The maximum atomic E-state index is 11.0. The summed E-state index contributed by atoms with van der Waals surface area (Å²) in [7, 11) is 0. The molecule has 1 aliphatic rings. The molecule has 80 valence electrons. The fourth-order valence-corrected chi connectivity index (χ4v) is 2.11. The lowest BCUT2D eigenvalue weighted by molar-refractivity contribution is 0.138. The van der Waals surface area contributed by atoms with Crippen LogP contribution in [0, 0.1) is 0 Å². The van der Waals surface area contributed by atoms with Crippen molar-refractivity contribution in [3.63, 3.8) is 0 Å². The average molecular weight is 206 g/mol. The topological polar surface area (TPSA) is 66.6 Å². The molecule has 0 aromatic heterocycles. The normalized spacial score (nSPS) is 25.5. The van der Waals surface area contributed by atoms with E-state index >= 15 is 0 Å². The van der Waals surface area contributed by atoms with E-state index in [2.05, 4.69) is 0 Å². The molecule has 0 unspecified atom stereocenters. The first-order valence-corrected chi connectivity index (χ1v) is 5.00. The number of carbonyl (C=O) groups is 1. The van der Waals surface area contributed by atoms with Crippen molar-refractivity contribution in [2.24, 2.45) is 5.73 Å². The zero-order valence-electron chi connectivity index (χ0n) is 8.34. The average Bonchev–Trinajstić information content (AvgIpc) is 2.61. The monoisotopic (exact) mass is 206 g/mol. The number of hydrogen-bond acceptors (Lipinski definition) is 2. The van der Waals surface area contributed by atoms with Gasteiger partial charge in [-0.1, -0.05) is 30.3 Å². The Balaban J connectivity index is 2.29. The van der Waals surface area contributed by atoms with Gasteiger partial charge in [-0.05, 0) is 12.0 Å². The van der Waals surface area contributed by atoms with E-state index in [4.69, 9.17) is 10.8 Å². The van der Waals surface area contributed by atoms with Gasteiger partial charge in [-0.2, -0.15) is 0 Å². The van der Waals surface area contributed by atoms with E-state index < -0.39 is 6.09 Å². The Morgan fingerprint density at radius 3 is 2.67 bits per heavy atom. The molecule has 1 heterocycles. The molecule has 1 fully saturated rings. The highest BCUT2D eigenvalue weighted by Gasteiger charge is 2.35. The molecule has 1 saturated heterocycles. The van der Waals surface area contributed by atoms with Crippen molar-refractivity contribution in [3.8, 4) is 0 Å². The Kier molecular flexibility index (Phi) is 2.60. The van der Waals surface area contributed by atoms with Gasteiger partial charge in [0.15, 0.2) is 0 Å². The van der Waals surface area contributed by atoms with Crippen molar-refractivity contribution >= 4 is 6.09 Å². The van der Waals surface area contributed by atoms with E-state index in [0.717, 1.165) is 12.0 Å². The molecule has 4 heteroatoms. The van der Waals surface area contributed by atoms with Gasteiger partial charge >= 0.3 is 6.09 Å². The third kappa shape index (κ3) is 1.80. The number of benzene rings is 1. The van der Waals surface area contributed by atoms with E-state index in [1.165, 1.54) is 4.90 Å². The van der Waals surface area contributed by atoms with Crippen LogP contribution in [-0.4, -0.2) is 28.7 Å². The van der Waals surface area contributed by atoms with Crippen LogP contribution >= 0.6 is 0 Å². The summed E-state index contributed by atoms with van der Waals surface area (Å²) in [4.78, 5) is 12.4. The van der Waals surface area contributed by atoms with Crippen molar-refractivity contribution < 1.29 is 9.90 Å². The highest BCUT2D eigenvalue weighted by Crippen LogP contribution is 2.30. The van der Waals surface area contributed by atoms with Crippen molar-refractivity contribution in [2.45, 2.75) is 18.5 Å². The molecule has 0 aliphatic carbocycles. The predicted molar refractivity (Wildman–Crippen MR) is 56.5 cm³/mol. The van der Waals surface area contributed by atoms with Crippen LogP contribution in [0.4, 0.5) is 4.79 Å². The van der Waals surface area contributed by atoms with Crippen molar-refractivity contribution in [1.82, 2.24) is 4.90 Å². The van der Waals surface area contributed by atoms with Crippen LogP contribution in [0.2, 0.25) is 0 Å². The fourth-order valence-electron chi connectivity index (χ4n) is 2.11. The summed E-state index contributed by atoms with van der Waals surface area (Å²) < 4.78 is 0. The number of nitrogens with zero attached hydrogens (tertiary/aromatic N) is 1. The van der Waals surface area contributed by atoms with Crippen molar-refractivity contribution in [1.29, 1.82) is 0 Å². The summed E-state index contributed by atoms with van der Waals surface area (Å²) in [5.41, 5.74) is 6.91. The number of carboxylic acid groups (broad SMARTS) is 1. The maximum Gasteiger partial charge on any atom is 0.407 e. The van der Waals surface area contributed by atoms with Crippen LogP contribution in [0.3, 0.4) is 0 Å². The number of rotatable bonds is 1. The molecule has 1 aliphatic heterocycles. The van der Waals surface area contributed by atoms with Gasteiger partial charge in [0, 0.05) is 12.6 Å². The Morgan fingerprint density at radius 2 is 2.07 bits per heavy atom. The molecule has 2 rings (SSSR count). The molecule has 1 aromatic rings. The quantitative estimate of drug-likeness (QED) is 0.730. The maximum absolute atomic E-state index is 11.0. The van der Waals surface area contributed by atoms with Gasteiger partial charge in [-0.3, -0.25) is 4.90 Å². The fraction of sp³-hybridized carbons (Fsp3) is 0.364. The Morgan fingerprint density at radius 1 is 1.40 bits per heavy atom. The van der Waals surface area contributed by atoms with Gasteiger partial charge in [-0.25, -0.2) is 4.79 Å². The van der Waals surface area contributed by atoms with Crippen molar-refractivity contribution in [2.75, 3.05) is 6.54 Å². The molecule has 15 heavy (non-hydrogen) atoms. The van der Waals surface area contributed by atoms with E-state index in [0.29, 0.717) is 6.54 Å². The largest absolute Gasteiger partial charge is 0.465 e. The predicted octanol–water partition coefficient (Wildman–Crippen LogP) is 1.44. The molecule has 3 N–H and O–H groups in total. The third-order valence-corrected chi connectivity index (χ3v) is 2.83. The lowest BCUT2D eigenvalue weighted by atomic mass is 10.0. The summed E-state index contributed by atoms with van der Waals surface area (Å²) in [6, 6.07) is 9.28. The second-order valence-electron chi connectivity index (χ2n) is 3.78. The molecule has 0 bridgehead atoms. The molecular weight excluding hydrogens is 192 g/mol. The molecule has 4 nitrogen and oxygen atoms in total. The van der Waals surface area contributed by atoms with Gasteiger partial charge in [0.2, 0.25) is 0 Å². The lowest BCUT2D eigenvalue weighted by Crippen LogP contribution is -2.34. The smallest absolute Gasteiger partial charge is 0.407 e. The first-order chi connectivity index (χ1) is 7.20. The van der Waals surface area contributed by atoms with Crippen LogP contribution in [0.15, 0.2) is 30.3 Å². The van der Waals surface area contributed by atoms with Crippen molar-refractivity contribution in [3.05, 3.63) is 35.9 Å². The highest BCUT2D eigenvalue weighted by atomic mass is 16.4. The minimum absolute atomic E-state index is 0.0940. The van der Waals surface area contributed by atoms with Gasteiger partial charge in [0.05, 0.1) is 6.04 Å².